The third kappa shape index (κ3) is 3.95. The molecule has 98 valence electrons. The maximum Gasteiger partial charge on any atom is 0.417 e. The summed E-state index contributed by atoms with van der Waals surface area (Å²) >= 11 is 0. The molecule has 1 aromatic carbocycles. The second kappa shape index (κ2) is 5.76. The molecule has 5 heteroatoms. The first-order chi connectivity index (χ1) is 8.34. The molecule has 0 aromatic heterocycles. The van der Waals surface area contributed by atoms with Crippen molar-refractivity contribution in [3.05, 3.63) is 29.3 Å². The van der Waals surface area contributed by atoms with Gasteiger partial charge in [-0.25, -0.2) is 0 Å². The fraction of sp³-hybridized carbons (Fsp3) is 0.462. The Morgan fingerprint density at radius 3 is 2.50 bits per heavy atom. The molecule has 0 heterocycles. The van der Waals surface area contributed by atoms with Gasteiger partial charge in [0.05, 0.1) is 23.8 Å². The first kappa shape index (κ1) is 14.4. The zero-order chi connectivity index (χ0) is 13.8. The van der Waals surface area contributed by atoms with Crippen LogP contribution in [-0.2, 0) is 6.18 Å². The van der Waals surface area contributed by atoms with Crippen LogP contribution in [0.4, 0.5) is 13.2 Å². The molecule has 0 unspecified atom stereocenters. The van der Waals surface area contributed by atoms with E-state index in [9.17, 15) is 13.2 Å². The van der Waals surface area contributed by atoms with E-state index in [2.05, 4.69) is 0 Å². The Bertz CT molecular complexity index is 447. The van der Waals surface area contributed by atoms with Crippen molar-refractivity contribution in [1.29, 1.82) is 5.26 Å². The number of hydrogen-bond acceptors (Lipinski definition) is 2. The van der Waals surface area contributed by atoms with Crippen LogP contribution in [0.15, 0.2) is 18.2 Å². The van der Waals surface area contributed by atoms with Crippen molar-refractivity contribution in [2.24, 2.45) is 5.92 Å². The number of halogens is 3. The molecule has 1 aromatic rings. The van der Waals surface area contributed by atoms with E-state index >= 15 is 0 Å². The van der Waals surface area contributed by atoms with Crippen molar-refractivity contribution in [2.45, 2.75) is 26.4 Å². The average molecular weight is 257 g/mol. The molecular formula is C13H14F3NO. The van der Waals surface area contributed by atoms with Gasteiger partial charge in [-0.3, -0.25) is 0 Å². The molecule has 0 aliphatic rings. The first-order valence-electron chi connectivity index (χ1n) is 5.58. The summed E-state index contributed by atoms with van der Waals surface area (Å²) in [4.78, 5) is 0. The molecule has 0 spiro atoms. The van der Waals surface area contributed by atoms with E-state index in [0.29, 0.717) is 12.5 Å². The number of hydrogen-bond donors (Lipinski definition) is 0. The topological polar surface area (TPSA) is 33.0 Å². The molecule has 0 saturated carbocycles. The number of ether oxygens (including phenoxy) is 1. The van der Waals surface area contributed by atoms with E-state index in [1.807, 2.05) is 13.8 Å². The smallest absolute Gasteiger partial charge is 0.417 e. The zero-order valence-electron chi connectivity index (χ0n) is 10.2. The van der Waals surface area contributed by atoms with Gasteiger partial charge < -0.3 is 4.74 Å². The molecule has 0 aliphatic carbocycles. The maximum atomic E-state index is 12.7. The molecule has 18 heavy (non-hydrogen) atoms. The molecule has 0 aliphatic heterocycles. The highest BCUT2D eigenvalue weighted by Crippen LogP contribution is 2.34. The Kier molecular flexibility index (Phi) is 4.60. The van der Waals surface area contributed by atoms with Crippen LogP contribution < -0.4 is 4.74 Å². The average Bonchev–Trinajstić information content (AvgIpc) is 2.27. The van der Waals surface area contributed by atoms with Crippen molar-refractivity contribution < 1.29 is 17.9 Å². The summed E-state index contributed by atoms with van der Waals surface area (Å²) in [6, 6.07) is 4.92. The van der Waals surface area contributed by atoms with Crippen LogP contribution in [0.3, 0.4) is 0 Å². The molecule has 0 saturated heterocycles. The molecule has 1 rings (SSSR count). The van der Waals surface area contributed by atoms with Crippen LogP contribution in [0.25, 0.3) is 0 Å². The van der Waals surface area contributed by atoms with Crippen LogP contribution in [0, 0.1) is 17.2 Å². The van der Waals surface area contributed by atoms with Gasteiger partial charge >= 0.3 is 6.18 Å². The van der Waals surface area contributed by atoms with Crippen molar-refractivity contribution >= 4 is 0 Å². The lowest BCUT2D eigenvalue weighted by Gasteiger charge is -2.12. The third-order valence-corrected chi connectivity index (χ3v) is 2.38. The second-order valence-electron chi connectivity index (χ2n) is 4.35. The molecular weight excluding hydrogens is 243 g/mol. The van der Waals surface area contributed by atoms with Gasteiger partial charge in [0.2, 0.25) is 0 Å². The summed E-state index contributed by atoms with van der Waals surface area (Å²) in [5.41, 5.74) is -1.34. The number of nitrogens with zero attached hydrogens (tertiary/aromatic N) is 1. The minimum atomic E-state index is -4.54. The summed E-state index contributed by atoms with van der Waals surface area (Å²) < 4.78 is 43.2. The molecule has 0 fully saturated rings. The minimum Gasteiger partial charge on any atom is -0.494 e. The molecule has 0 atom stereocenters. The predicted molar refractivity (Wildman–Crippen MR) is 61.1 cm³/mol. The Morgan fingerprint density at radius 1 is 1.33 bits per heavy atom. The molecule has 0 radical (unpaired) electrons. The summed E-state index contributed by atoms with van der Waals surface area (Å²) in [5.74, 6) is 0.562. The van der Waals surface area contributed by atoms with Gasteiger partial charge in [-0.1, -0.05) is 13.8 Å². The Balaban J connectivity index is 2.88. The van der Waals surface area contributed by atoms with Gasteiger partial charge in [-0.2, -0.15) is 18.4 Å². The van der Waals surface area contributed by atoms with Crippen LogP contribution in [-0.4, -0.2) is 6.61 Å². The van der Waals surface area contributed by atoms with Crippen molar-refractivity contribution in [3.8, 4) is 11.8 Å². The van der Waals surface area contributed by atoms with E-state index in [-0.39, 0.29) is 5.75 Å². The van der Waals surface area contributed by atoms with Gasteiger partial charge in [0.15, 0.2) is 0 Å². The van der Waals surface area contributed by atoms with E-state index in [4.69, 9.17) is 10.00 Å². The molecule has 0 bridgehead atoms. The van der Waals surface area contributed by atoms with Gasteiger partial charge in [0.1, 0.15) is 5.75 Å². The van der Waals surface area contributed by atoms with Crippen molar-refractivity contribution in [3.63, 3.8) is 0 Å². The Labute approximate surface area is 104 Å². The monoisotopic (exact) mass is 257 g/mol. The van der Waals surface area contributed by atoms with Crippen LogP contribution >= 0.6 is 0 Å². The largest absolute Gasteiger partial charge is 0.494 e. The van der Waals surface area contributed by atoms with E-state index in [0.717, 1.165) is 18.6 Å². The number of nitriles is 1. The van der Waals surface area contributed by atoms with Gasteiger partial charge in [-0.15, -0.1) is 0 Å². The summed E-state index contributed by atoms with van der Waals surface area (Å²) in [7, 11) is 0. The minimum absolute atomic E-state index is 0.141. The lowest BCUT2D eigenvalue weighted by molar-refractivity contribution is -0.137. The standard InChI is InChI=1S/C13H14F3NO/c1-9(2)5-6-18-11-4-3-10(8-17)12(7-11)13(14,15)16/h3-4,7,9H,5-6H2,1-2H3. The fourth-order valence-corrected chi connectivity index (χ4v) is 1.36. The zero-order valence-corrected chi connectivity index (χ0v) is 10.2. The van der Waals surface area contributed by atoms with Crippen molar-refractivity contribution in [2.75, 3.05) is 6.61 Å². The van der Waals surface area contributed by atoms with Gasteiger partial charge in [0.25, 0.3) is 0 Å². The van der Waals surface area contributed by atoms with Gasteiger partial charge in [0, 0.05) is 0 Å². The Hall–Kier alpha value is -1.70. The number of alkyl halides is 3. The van der Waals surface area contributed by atoms with E-state index < -0.39 is 17.3 Å². The van der Waals surface area contributed by atoms with E-state index in [1.165, 1.54) is 12.1 Å². The van der Waals surface area contributed by atoms with E-state index in [1.54, 1.807) is 0 Å². The van der Waals surface area contributed by atoms with Crippen LogP contribution in [0.2, 0.25) is 0 Å². The highest BCUT2D eigenvalue weighted by atomic mass is 19.4. The second-order valence-corrected chi connectivity index (χ2v) is 4.35. The number of benzene rings is 1. The first-order valence-corrected chi connectivity index (χ1v) is 5.58. The summed E-state index contributed by atoms with van der Waals surface area (Å²) in [6.07, 6.45) is -3.77. The fourth-order valence-electron chi connectivity index (χ4n) is 1.36. The third-order valence-electron chi connectivity index (χ3n) is 2.38. The summed E-state index contributed by atoms with van der Waals surface area (Å²) in [5, 5.41) is 8.63. The van der Waals surface area contributed by atoms with Crippen LogP contribution in [0.5, 0.6) is 5.75 Å². The van der Waals surface area contributed by atoms with Crippen molar-refractivity contribution in [1.82, 2.24) is 0 Å². The normalized spacial score (nSPS) is 11.4. The summed E-state index contributed by atoms with van der Waals surface area (Å²) in [6.45, 7) is 4.37. The lowest BCUT2D eigenvalue weighted by Crippen LogP contribution is -2.09. The quantitative estimate of drug-likeness (QED) is 0.816. The lowest BCUT2D eigenvalue weighted by atomic mass is 10.1. The molecule has 0 amide bonds. The van der Waals surface area contributed by atoms with Crippen LogP contribution in [0.1, 0.15) is 31.4 Å². The Morgan fingerprint density at radius 2 is 2.00 bits per heavy atom. The maximum absolute atomic E-state index is 12.7. The molecule has 2 nitrogen and oxygen atoms in total. The highest BCUT2D eigenvalue weighted by molar-refractivity contribution is 5.44. The molecule has 0 N–H and O–H groups in total. The SMILES string of the molecule is CC(C)CCOc1ccc(C#N)c(C(F)(F)F)c1. The van der Waals surface area contributed by atoms with Gasteiger partial charge in [-0.05, 0) is 30.5 Å². The highest BCUT2D eigenvalue weighted by Gasteiger charge is 2.34. The number of rotatable bonds is 4. The predicted octanol–water partition coefficient (Wildman–Crippen LogP) is 4.00.